The number of urea groups is 1. The summed E-state index contributed by atoms with van der Waals surface area (Å²) in [6.45, 7) is 3.66. The van der Waals surface area contributed by atoms with E-state index >= 15 is 0 Å². The molecule has 0 bridgehead atoms. The van der Waals surface area contributed by atoms with Crippen molar-refractivity contribution in [2.75, 3.05) is 36.0 Å². The van der Waals surface area contributed by atoms with Crippen LogP contribution in [0.1, 0.15) is 31.6 Å². The van der Waals surface area contributed by atoms with E-state index in [1.165, 1.54) is 17.0 Å². The lowest BCUT2D eigenvalue weighted by atomic mass is 10.2. The van der Waals surface area contributed by atoms with Gasteiger partial charge in [0.15, 0.2) is 6.23 Å². The summed E-state index contributed by atoms with van der Waals surface area (Å²) in [6, 6.07) is 7.54. The lowest BCUT2D eigenvalue weighted by Gasteiger charge is -2.28. The van der Waals surface area contributed by atoms with Gasteiger partial charge in [-0.1, -0.05) is 0 Å². The SMILES string of the molecule is CCOC(c1ccnc(N2CCCC2)c1)N1CC(=O)N(c2ccc(OC(F)(F)F)cc2)C1=O. The molecule has 4 rings (SSSR count). The molecular weight excluding hydrogens is 441 g/mol. The molecule has 2 aliphatic heterocycles. The molecule has 0 aliphatic carbocycles. The van der Waals surface area contributed by atoms with Gasteiger partial charge in [-0.3, -0.25) is 9.69 Å². The second-order valence-corrected chi connectivity index (χ2v) is 7.63. The molecule has 1 unspecified atom stereocenters. The van der Waals surface area contributed by atoms with Gasteiger partial charge in [0.05, 0.1) is 5.69 Å². The van der Waals surface area contributed by atoms with Crippen LogP contribution >= 0.6 is 0 Å². The van der Waals surface area contributed by atoms with Gasteiger partial charge in [-0.2, -0.15) is 0 Å². The summed E-state index contributed by atoms with van der Waals surface area (Å²) < 4.78 is 46.9. The summed E-state index contributed by atoms with van der Waals surface area (Å²) in [4.78, 5) is 34.7. The first-order valence-corrected chi connectivity index (χ1v) is 10.6. The maximum absolute atomic E-state index is 13.2. The average molecular weight is 464 g/mol. The number of aromatic nitrogens is 1. The molecule has 1 aromatic carbocycles. The van der Waals surface area contributed by atoms with E-state index in [0.29, 0.717) is 12.2 Å². The summed E-state index contributed by atoms with van der Waals surface area (Å²) in [5, 5.41) is 0. The van der Waals surface area contributed by atoms with Crippen LogP contribution < -0.4 is 14.5 Å². The minimum Gasteiger partial charge on any atom is -0.406 e. The molecule has 0 spiro atoms. The molecule has 2 aliphatic rings. The number of amides is 3. The quantitative estimate of drug-likeness (QED) is 0.575. The molecule has 2 saturated heterocycles. The van der Waals surface area contributed by atoms with Crippen LogP contribution in [0.25, 0.3) is 0 Å². The zero-order valence-electron chi connectivity index (χ0n) is 17.9. The van der Waals surface area contributed by atoms with Gasteiger partial charge in [-0.05, 0) is 56.2 Å². The predicted octanol–water partition coefficient (Wildman–Crippen LogP) is 4.08. The van der Waals surface area contributed by atoms with Crippen LogP contribution in [0.2, 0.25) is 0 Å². The van der Waals surface area contributed by atoms with E-state index in [1.807, 2.05) is 6.07 Å². The number of benzene rings is 1. The van der Waals surface area contributed by atoms with Crippen molar-refractivity contribution in [3.05, 3.63) is 48.2 Å². The van der Waals surface area contributed by atoms with Gasteiger partial charge in [-0.15, -0.1) is 13.2 Å². The van der Waals surface area contributed by atoms with Crippen molar-refractivity contribution in [1.29, 1.82) is 0 Å². The van der Waals surface area contributed by atoms with E-state index in [-0.39, 0.29) is 12.2 Å². The third kappa shape index (κ3) is 5.03. The van der Waals surface area contributed by atoms with Crippen molar-refractivity contribution in [3.63, 3.8) is 0 Å². The number of ether oxygens (including phenoxy) is 2. The van der Waals surface area contributed by atoms with Gasteiger partial charge < -0.3 is 14.4 Å². The summed E-state index contributed by atoms with van der Waals surface area (Å²) in [7, 11) is 0. The van der Waals surface area contributed by atoms with Gasteiger partial charge in [-0.25, -0.2) is 14.7 Å². The molecule has 2 aromatic rings. The molecule has 3 heterocycles. The van der Waals surface area contributed by atoms with E-state index in [1.54, 1.807) is 19.2 Å². The molecule has 11 heteroatoms. The molecule has 0 radical (unpaired) electrons. The van der Waals surface area contributed by atoms with E-state index in [9.17, 15) is 22.8 Å². The molecule has 0 N–H and O–H groups in total. The Labute approximate surface area is 188 Å². The zero-order valence-corrected chi connectivity index (χ0v) is 17.9. The molecular formula is C22H23F3N4O4. The number of pyridine rings is 1. The number of imide groups is 1. The van der Waals surface area contributed by atoms with Crippen molar-refractivity contribution in [3.8, 4) is 5.75 Å². The van der Waals surface area contributed by atoms with Gasteiger partial charge in [0.1, 0.15) is 18.1 Å². The number of rotatable bonds is 7. The number of hydrogen-bond donors (Lipinski definition) is 0. The number of hydrogen-bond acceptors (Lipinski definition) is 6. The van der Waals surface area contributed by atoms with Crippen LogP contribution in [-0.2, 0) is 9.53 Å². The highest BCUT2D eigenvalue weighted by Gasteiger charge is 2.42. The van der Waals surface area contributed by atoms with Crippen LogP contribution in [-0.4, -0.2) is 54.4 Å². The second-order valence-electron chi connectivity index (χ2n) is 7.63. The first-order chi connectivity index (χ1) is 15.8. The Hall–Kier alpha value is -3.34. The molecule has 33 heavy (non-hydrogen) atoms. The fourth-order valence-electron chi connectivity index (χ4n) is 3.98. The minimum absolute atomic E-state index is 0.143. The third-order valence-electron chi connectivity index (χ3n) is 5.41. The minimum atomic E-state index is -4.83. The highest BCUT2D eigenvalue weighted by molar-refractivity contribution is 6.19. The fraction of sp³-hybridized carbons (Fsp3) is 0.409. The maximum atomic E-state index is 13.2. The zero-order chi connectivity index (χ0) is 23.6. The van der Waals surface area contributed by atoms with Gasteiger partial charge in [0, 0.05) is 31.5 Å². The summed E-state index contributed by atoms with van der Waals surface area (Å²) >= 11 is 0. The van der Waals surface area contributed by atoms with Crippen molar-refractivity contribution in [2.45, 2.75) is 32.4 Å². The van der Waals surface area contributed by atoms with Crippen LogP contribution in [0.5, 0.6) is 5.75 Å². The topological polar surface area (TPSA) is 75.2 Å². The monoisotopic (exact) mass is 464 g/mol. The first kappa shape index (κ1) is 22.8. The van der Waals surface area contributed by atoms with Crippen LogP contribution in [0.15, 0.2) is 42.6 Å². The van der Waals surface area contributed by atoms with Crippen LogP contribution in [0, 0.1) is 0 Å². The maximum Gasteiger partial charge on any atom is 0.573 e. The lowest BCUT2D eigenvalue weighted by molar-refractivity contribution is -0.274. The molecule has 0 saturated carbocycles. The molecule has 2 fully saturated rings. The van der Waals surface area contributed by atoms with Gasteiger partial charge >= 0.3 is 12.4 Å². The first-order valence-electron chi connectivity index (χ1n) is 10.6. The Kier molecular flexibility index (Phi) is 6.41. The Bertz CT molecular complexity index is 1010. The molecule has 3 amide bonds. The van der Waals surface area contributed by atoms with Gasteiger partial charge in [0.25, 0.3) is 5.91 Å². The Balaban J connectivity index is 1.56. The van der Waals surface area contributed by atoms with E-state index in [0.717, 1.165) is 48.8 Å². The van der Waals surface area contributed by atoms with E-state index < -0.39 is 30.3 Å². The van der Waals surface area contributed by atoms with E-state index in [2.05, 4.69) is 14.6 Å². The number of carbonyl (C=O) groups excluding carboxylic acids is 2. The molecule has 1 atom stereocenters. The lowest BCUT2D eigenvalue weighted by Crippen LogP contribution is -2.36. The van der Waals surface area contributed by atoms with Crippen LogP contribution in [0.4, 0.5) is 29.5 Å². The largest absolute Gasteiger partial charge is 0.573 e. The fourth-order valence-corrected chi connectivity index (χ4v) is 3.98. The number of carbonyl (C=O) groups is 2. The standard InChI is InChI=1S/C22H23F3N4O4/c1-2-32-20(15-9-10-26-18(13-15)27-11-3-4-12-27)28-14-19(30)29(21(28)31)16-5-7-17(8-6-16)33-22(23,24)25/h5-10,13,20H,2-4,11-12,14H2,1H3. The number of halogens is 3. The Morgan fingerprint density at radius 3 is 2.42 bits per heavy atom. The Morgan fingerprint density at radius 1 is 1.09 bits per heavy atom. The van der Waals surface area contributed by atoms with Gasteiger partial charge in [0.2, 0.25) is 0 Å². The summed E-state index contributed by atoms with van der Waals surface area (Å²) in [5.41, 5.74) is 0.829. The molecule has 8 nitrogen and oxygen atoms in total. The summed E-state index contributed by atoms with van der Waals surface area (Å²) in [5.74, 6) is -0.173. The molecule has 176 valence electrons. The van der Waals surface area contributed by atoms with Crippen molar-refractivity contribution in [1.82, 2.24) is 9.88 Å². The normalized spacial score (nSPS) is 17.8. The molecule has 1 aromatic heterocycles. The number of alkyl halides is 3. The van der Waals surface area contributed by atoms with Crippen LogP contribution in [0.3, 0.4) is 0 Å². The van der Waals surface area contributed by atoms with Crippen molar-refractivity contribution in [2.24, 2.45) is 0 Å². The highest BCUT2D eigenvalue weighted by Crippen LogP contribution is 2.33. The highest BCUT2D eigenvalue weighted by atomic mass is 19.4. The predicted molar refractivity (Wildman–Crippen MR) is 113 cm³/mol. The average Bonchev–Trinajstić information content (AvgIpc) is 3.40. The second kappa shape index (κ2) is 9.26. The van der Waals surface area contributed by atoms with Crippen molar-refractivity contribution >= 4 is 23.4 Å². The smallest absolute Gasteiger partial charge is 0.406 e. The number of nitrogens with zero attached hydrogens (tertiary/aromatic N) is 4. The Morgan fingerprint density at radius 2 is 1.79 bits per heavy atom. The third-order valence-corrected chi connectivity index (χ3v) is 5.41. The van der Waals surface area contributed by atoms with E-state index in [4.69, 9.17) is 4.74 Å². The number of anilines is 2. The summed E-state index contributed by atoms with van der Waals surface area (Å²) in [6.07, 6.45) is -1.83. The van der Waals surface area contributed by atoms with Crippen molar-refractivity contribution < 1.29 is 32.2 Å².